The van der Waals surface area contributed by atoms with Gasteiger partial charge in [-0.3, -0.25) is 4.79 Å². The first-order chi connectivity index (χ1) is 9.97. The van der Waals surface area contributed by atoms with E-state index in [1.807, 2.05) is 30.3 Å². The van der Waals surface area contributed by atoms with Gasteiger partial charge in [-0.1, -0.05) is 41.7 Å². The van der Waals surface area contributed by atoms with Crippen molar-refractivity contribution in [1.82, 2.24) is 10.3 Å². The second-order valence-electron chi connectivity index (χ2n) is 4.52. The molecule has 0 aliphatic heterocycles. The molecule has 0 saturated heterocycles. The minimum absolute atomic E-state index is 0.218. The third kappa shape index (κ3) is 3.79. The molecule has 1 aromatic heterocycles. The second-order valence-corrected chi connectivity index (χ2v) is 5.55. The molecule has 4 N–H and O–H groups in total. The minimum atomic E-state index is -1.08. The van der Waals surface area contributed by atoms with E-state index >= 15 is 0 Å². The molecule has 0 fully saturated rings. The molecule has 21 heavy (non-hydrogen) atoms. The van der Waals surface area contributed by atoms with E-state index in [1.54, 1.807) is 6.92 Å². The Morgan fingerprint density at radius 3 is 2.57 bits per heavy atom. The van der Waals surface area contributed by atoms with Gasteiger partial charge in [0, 0.05) is 6.42 Å². The standard InChI is InChI=1S/C14H15N3O3S/c1-8-11(21-14(15)16-8)12(18)17-10(13(19)20)7-9-5-3-2-4-6-9/h2-6,10H,7H2,1H3,(H2,15,16)(H,17,18)(H,19,20)/t10-/m0/s1. The monoisotopic (exact) mass is 305 g/mol. The van der Waals surface area contributed by atoms with Crippen LogP contribution in [0.5, 0.6) is 0 Å². The molecule has 0 spiro atoms. The molecule has 7 heteroatoms. The summed E-state index contributed by atoms with van der Waals surface area (Å²) in [5.74, 6) is -1.55. The number of amides is 1. The van der Waals surface area contributed by atoms with Crippen molar-refractivity contribution in [2.45, 2.75) is 19.4 Å². The van der Waals surface area contributed by atoms with Crippen molar-refractivity contribution >= 4 is 28.3 Å². The van der Waals surface area contributed by atoms with Gasteiger partial charge in [0.2, 0.25) is 0 Å². The van der Waals surface area contributed by atoms with Crippen LogP contribution in [0.1, 0.15) is 20.9 Å². The fourth-order valence-electron chi connectivity index (χ4n) is 1.90. The SMILES string of the molecule is Cc1nc(N)sc1C(=O)N[C@@H](Cc1ccccc1)C(=O)O. The lowest BCUT2D eigenvalue weighted by Crippen LogP contribution is -2.42. The molecule has 0 bridgehead atoms. The molecule has 2 aromatic rings. The van der Waals surface area contributed by atoms with Gasteiger partial charge in [-0.2, -0.15) is 0 Å². The van der Waals surface area contributed by atoms with Crippen LogP contribution in [0.4, 0.5) is 5.13 Å². The summed E-state index contributed by atoms with van der Waals surface area (Å²) in [5.41, 5.74) is 6.88. The molecular formula is C14H15N3O3S. The Labute approximate surface area is 125 Å². The molecule has 0 unspecified atom stereocenters. The van der Waals surface area contributed by atoms with Gasteiger partial charge in [0.25, 0.3) is 5.91 Å². The summed E-state index contributed by atoms with van der Waals surface area (Å²) in [6.45, 7) is 1.66. The molecular weight excluding hydrogens is 290 g/mol. The van der Waals surface area contributed by atoms with Crippen LogP contribution in [0.3, 0.4) is 0 Å². The molecule has 1 amide bonds. The Hall–Kier alpha value is -2.41. The van der Waals surface area contributed by atoms with E-state index in [0.717, 1.165) is 16.9 Å². The highest BCUT2D eigenvalue weighted by atomic mass is 32.1. The molecule has 6 nitrogen and oxygen atoms in total. The number of carbonyl (C=O) groups excluding carboxylic acids is 1. The van der Waals surface area contributed by atoms with Crippen molar-refractivity contribution in [3.8, 4) is 0 Å². The number of nitrogens with two attached hydrogens (primary N) is 1. The minimum Gasteiger partial charge on any atom is -0.480 e. The van der Waals surface area contributed by atoms with E-state index in [-0.39, 0.29) is 11.6 Å². The summed E-state index contributed by atoms with van der Waals surface area (Å²) in [6, 6.07) is 8.13. The lowest BCUT2D eigenvalue weighted by Gasteiger charge is -2.14. The number of hydrogen-bond donors (Lipinski definition) is 3. The van der Waals surface area contributed by atoms with Crippen molar-refractivity contribution in [3.05, 3.63) is 46.5 Å². The number of carboxylic acids is 1. The van der Waals surface area contributed by atoms with E-state index in [4.69, 9.17) is 5.73 Å². The summed E-state index contributed by atoms with van der Waals surface area (Å²) in [5, 5.41) is 12.0. The highest BCUT2D eigenvalue weighted by molar-refractivity contribution is 7.17. The highest BCUT2D eigenvalue weighted by Gasteiger charge is 2.23. The first-order valence-corrected chi connectivity index (χ1v) is 7.09. The summed E-state index contributed by atoms with van der Waals surface area (Å²) in [4.78, 5) is 27.7. The van der Waals surface area contributed by atoms with Gasteiger partial charge < -0.3 is 16.2 Å². The van der Waals surface area contributed by atoms with Gasteiger partial charge in [0.1, 0.15) is 10.9 Å². The largest absolute Gasteiger partial charge is 0.480 e. The first-order valence-electron chi connectivity index (χ1n) is 6.28. The Morgan fingerprint density at radius 2 is 2.05 bits per heavy atom. The van der Waals surface area contributed by atoms with Gasteiger partial charge in [-0.25, -0.2) is 9.78 Å². The van der Waals surface area contributed by atoms with Crippen LogP contribution >= 0.6 is 11.3 Å². The third-order valence-electron chi connectivity index (χ3n) is 2.91. The smallest absolute Gasteiger partial charge is 0.326 e. The quantitative estimate of drug-likeness (QED) is 0.775. The fourth-order valence-corrected chi connectivity index (χ4v) is 2.64. The Kier molecular flexibility index (Phi) is 4.54. The number of aryl methyl sites for hydroxylation is 1. The highest BCUT2D eigenvalue weighted by Crippen LogP contribution is 2.19. The number of carboxylic acid groups (broad SMARTS) is 1. The number of anilines is 1. The van der Waals surface area contributed by atoms with Crippen molar-refractivity contribution < 1.29 is 14.7 Å². The van der Waals surface area contributed by atoms with Gasteiger partial charge >= 0.3 is 5.97 Å². The van der Waals surface area contributed by atoms with E-state index in [9.17, 15) is 14.7 Å². The van der Waals surface area contributed by atoms with E-state index < -0.39 is 17.9 Å². The van der Waals surface area contributed by atoms with E-state index in [1.165, 1.54) is 0 Å². The molecule has 0 aliphatic rings. The van der Waals surface area contributed by atoms with Crippen LogP contribution in [-0.4, -0.2) is 28.0 Å². The normalized spacial score (nSPS) is 11.9. The Bertz CT molecular complexity index is 655. The van der Waals surface area contributed by atoms with Crippen molar-refractivity contribution in [2.24, 2.45) is 0 Å². The Balaban J connectivity index is 2.11. The molecule has 0 saturated carbocycles. The van der Waals surface area contributed by atoms with Crippen LogP contribution in [-0.2, 0) is 11.2 Å². The van der Waals surface area contributed by atoms with E-state index in [0.29, 0.717) is 10.6 Å². The number of benzene rings is 1. The topological polar surface area (TPSA) is 105 Å². The van der Waals surface area contributed by atoms with Gasteiger partial charge in [0.05, 0.1) is 5.69 Å². The average Bonchev–Trinajstić information content (AvgIpc) is 2.78. The van der Waals surface area contributed by atoms with Gasteiger partial charge in [-0.05, 0) is 12.5 Å². The number of nitrogens with one attached hydrogen (secondary N) is 1. The van der Waals surface area contributed by atoms with Gasteiger partial charge in [-0.15, -0.1) is 0 Å². The van der Waals surface area contributed by atoms with E-state index in [2.05, 4.69) is 10.3 Å². The Morgan fingerprint density at radius 1 is 1.38 bits per heavy atom. The first kappa shape index (κ1) is 15.0. The maximum Gasteiger partial charge on any atom is 0.326 e. The summed E-state index contributed by atoms with van der Waals surface area (Å²) in [6.07, 6.45) is 0.218. The molecule has 1 atom stereocenters. The van der Waals surface area contributed by atoms with Gasteiger partial charge in [0.15, 0.2) is 5.13 Å². The summed E-state index contributed by atoms with van der Waals surface area (Å²) in [7, 11) is 0. The predicted octanol–water partition coefficient (Wildman–Crippen LogP) is 1.46. The number of aliphatic carboxylic acids is 1. The van der Waals surface area contributed by atoms with Crippen molar-refractivity contribution in [2.75, 3.05) is 5.73 Å². The van der Waals surface area contributed by atoms with Crippen LogP contribution in [0.2, 0.25) is 0 Å². The average molecular weight is 305 g/mol. The maximum atomic E-state index is 12.1. The van der Waals surface area contributed by atoms with Crippen molar-refractivity contribution in [3.63, 3.8) is 0 Å². The molecule has 0 radical (unpaired) electrons. The molecule has 1 aromatic carbocycles. The van der Waals surface area contributed by atoms with Crippen LogP contribution in [0.25, 0.3) is 0 Å². The number of nitrogen functional groups attached to an aromatic ring is 1. The zero-order valence-electron chi connectivity index (χ0n) is 11.4. The zero-order chi connectivity index (χ0) is 15.4. The second kappa shape index (κ2) is 6.36. The number of carbonyl (C=O) groups is 2. The van der Waals surface area contributed by atoms with Crippen LogP contribution in [0.15, 0.2) is 30.3 Å². The lowest BCUT2D eigenvalue weighted by atomic mass is 10.1. The molecule has 0 aliphatic carbocycles. The maximum absolute atomic E-state index is 12.1. The predicted molar refractivity (Wildman–Crippen MR) is 80.3 cm³/mol. The number of hydrogen-bond acceptors (Lipinski definition) is 5. The molecule has 2 rings (SSSR count). The molecule has 1 heterocycles. The third-order valence-corrected chi connectivity index (χ3v) is 3.89. The number of rotatable bonds is 5. The fraction of sp³-hybridized carbons (Fsp3) is 0.214. The number of thiazole rings is 1. The van der Waals surface area contributed by atoms with Crippen LogP contribution < -0.4 is 11.1 Å². The van der Waals surface area contributed by atoms with Crippen molar-refractivity contribution in [1.29, 1.82) is 0 Å². The summed E-state index contributed by atoms with van der Waals surface area (Å²) < 4.78 is 0. The summed E-state index contributed by atoms with van der Waals surface area (Å²) >= 11 is 1.04. The molecule has 110 valence electrons. The number of aromatic nitrogens is 1. The number of nitrogens with zero attached hydrogens (tertiary/aromatic N) is 1. The lowest BCUT2D eigenvalue weighted by molar-refractivity contribution is -0.139. The zero-order valence-corrected chi connectivity index (χ0v) is 12.2. The van der Waals surface area contributed by atoms with Crippen LogP contribution in [0, 0.1) is 6.92 Å².